The second-order valence-electron chi connectivity index (χ2n) is 7.62. The number of piperidine rings is 1. The third kappa shape index (κ3) is 4.73. The molecule has 33 heavy (non-hydrogen) atoms. The van der Waals surface area contributed by atoms with Gasteiger partial charge < -0.3 is 15.0 Å². The fourth-order valence-corrected chi connectivity index (χ4v) is 3.84. The van der Waals surface area contributed by atoms with E-state index in [1.165, 1.54) is 24.3 Å². The lowest BCUT2D eigenvalue weighted by molar-refractivity contribution is -0.141. The molecule has 1 aromatic carbocycles. The van der Waals surface area contributed by atoms with Crippen LogP contribution in [0.4, 0.5) is 19.0 Å². The molecule has 4 rings (SSSR count). The molecule has 0 radical (unpaired) electrons. The summed E-state index contributed by atoms with van der Waals surface area (Å²) in [6.07, 6.45) is 1.67. The number of carbonyl (C=O) groups excluding carboxylic acids is 1. The molecule has 1 aliphatic heterocycles. The number of likely N-dealkylation sites (tertiary alicyclic amines) is 1. The summed E-state index contributed by atoms with van der Waals surface area (Å²) in [5, 5.41) is 11.4. The van der Waals surface area contributed by atoms with Crippen LogP contribution in [0.2, 0.25) is 0 Å². The van der Waals surface area contributed by atoms with E-state index in [4.69, 9.17) is 4.74 Å². The zero-order chi connectivity index (χ0) is 23.6. The summed E-state index contributed by atoms with van der Waals surface area (Å²) in [5.74, 6) is 0.518. The molecule has 0 saturated carbocycles. The zero-order valence-electron chi connectivity index (χ0n) is 18.0. The topological polar surface area (TPSA) is 98.1 Å². The maximum absolute atomic E-state index is 13.6. The third-order valence-electron chi connectivity index (χ3n) is 5.59. The minimum Gasteiger partial charge on any atom is -0.497 e. The van der Waals surface area contributed by atoms with Gasteiger partial charge in [0.1, 0.15) is 11.6 Å². The Bertz CT molecular complexity index is 1100. The van der Waals surface area contributed by atoms with Crippen LogP contribution in [0.1, 0.15) is 35.8 Å². The van der Waals surface area contributed by atoms with Gasteiger partial charge in [0.2, 0.25) is 0 Å². The monoisotopic (exact) mass is 461 g/mol. The fourth-order valence-electron chi connectivity index (χ4n) is 3.84. The van der Waals surface area contributed by atoms with Crippen molar-refractivity contribution in [3.8, 4) is 11.4 Å². The van der Waals surface area contributed by atoms with Crippen LogP contribution in [0, 0.1) is 0 Å². The first-order valence-electron chi connectivity index (χ1n) is 10.3. The largest absolute Gasteiger partial charge is 0.497 e. The van der Waals surface area contributed by atoms with Gasteiger partial charge >= 0.3 is 6.18 Å². The summed E-state index contributed by atoms with van der Waals surface area (Å²) in [6, 6.07) is 4.61. The van der Waals surface area contributed by atoms with Crippen LogP contribution in [-0.4, -0.2) is 61.5 Å². The van der Waals surface area contributed by atoms with Crippen LogP contribution in [0.15, 0.2) is 43.0 Å². The van der Waals surface area contributed by atoms with Gasteiger partial charge in [-0.05, 0) is 38.0 Å². The molecule has 0 aliphatic carbocycles. The number of ether oxygens (including phenoxy) is 1. The van der Waals surface area contributed by atoms with Crippen molar-refractivity contribution >= 4 is 11.7 Å². The van der Waals surface area contributed by atoms with Crippen molar-refractivity contribution in [3.63, 3.8) is 0 Å². The van der Waals surface area contributed by atoms with E-state index in [0.29, 0.717) is 36.2 Å². The molecule has 2 aromatic heterocycles. The second kappa shape index (κ2) is 9.04. The van der Waals surface area contributed by atoms with Crippen molar-refractivity contribution < 1.29 is 22.7 Å². The molecule has 9 nitrogen and oxygen atoms in total. The lowest BCUT2D eigenvalue weighted by Gasteiger charge is -2.40. The van der Waals surface area contributed by atoms with Crippen molar-refractivity contribution in [2.75, 3.05) is 19.0 Å². The molecule has 0 spiro atoms. The standard InChI is InChI=1S/C21H22F3N7O2/c1-13-16(29-19-12-25-18(11-26-19)21(22,23)24)4-3-9-30(13)20(32)15-10-14(33-2)5-6-17(15)31-27-7-8-28-31/h5-8,10-13,16H,3-4,9H2,1-2H3,(H,26,29). The van der Waals surface area contributed by atoms with Crippen molar-refractivity contribution in [1.82, 2.24) is 29.9 Å². The third-order valence-corrected chi connectivity index (χ3v) is 5.59. The molecule has 0 bridgehead atoms. The minimum atomic E-state index is -4.55. The predicted molar refractivity (Wildman–Crippen MR) is 112 cm³/mol. The van der Waals surface area contributed by atoms with Gasteiger partial charge in [-0.2, -0.15) is 28.2 Å². The van der Waals surface area contributed by atoms with Gasteiger partial charge in [0.25, 0.3) is 5.91 Å². The van der Waals surface area contributed by atoms with Gasteiger partial charge in [-0.1, -0.05) is 0 Å². The smallest absolute Gasteiger partial charge is 0.434 e. The van der Waals surface area contributed by atoms with E-state index in [-0.39, 0.29) is 23.8 Å². The summed E-state index contributed by atoms with van der Waals surface area (Å²) < 4.78 is 43.5. The lowest BCUT2D eigenvalue weighted by atomic mass is 9.96. The maximum atomic E-state index is 13.6. The lowest BCUT2D eigenvalue weighted by Crippen LogP contribution is -2.52. The molecule has 1 fully saturated rings. The van der Waals surface area contributed by atoms with E-state index in [0.717, 1.165) is 12.6 Å². The number of rotatable bonds is 5. The Hall–Kier alpha value is -3.70. The number of nitrogens with one attached hydrogen (secondary N) is 1. The predicted octanol–water partition coefficient (Wildman–Crippen LogP) is 3.19. The highest BCUT2D eigenvalue weighted by atomic mass is 19.4. The van der Waals surface area contributed by atoms with E-state index in [1.54, 1.807) is 23.1 Å². The Labute approximate surface area is 187 Å². The summed E-state index contributed by atoms with van der Waals surface area (Å²) in [6.45, 7) is 2.41. The first-order chi connectivity index (χ1) is 15.8. The Morgan fingerprint density at radius 3 is 2.58 bits per heavy atom. The number of hydrogen-bond donors (Lipinski definition) is 1. The van der Waals surface area contributed by atoms with Crippen LogP contribution >= 0.6 is 0 Å². The van der Waals surface area contributed by atoms with Crippen LogP contribution < -0.4 is 10.1 Å². The molecule has 1 N–H and O–H groups in total. The number of nitrogens with zero attached hydrogens (tertiary/aromatic N) is 6. The van der Waals surface area contributed by atoms with Crippen molar-refractivity contribution in [2.45, 2.75) is 38.0 Å². The van der Waals surface area contributed by atoms with E-state index >= 15 is 0 Å². The van der Waals surface area contributed by atoms with Crippen LogP contribution in [0.5, 0.6) is 5.75 Å². The van der Waals surface area contributed by atoms with Gasteiger partial charge in [-0.25, -0.2) is 9.97 Å². The number of hydrogen-bond acceptors (Lipinski definition) is 7. The van der Waals surface area contributed by atoms with E-state index in [2.05, 4.69) is 25.5 Å². The van der Waals surface area contributed by atoms with E-state index in [1.807, 2.05) is 6.92 Å². The van der Waals surface area contributed by atoms with Gasteiger partial charge in [-0.15, -0.1) is 0 Å². The minimum absolute atomic E-state index is 0.217. The molecular weight excluding hydrogens is 439 g/mol. The first kappa shape index (κ1) is 22.5. The summed E-state index contributed by atoms with van der Waals surface area (Å²) in [5.41, 5.74) is -0.159. The van der Waals surface area contributed by atoms with Gasteiger partial charge in [0, 0.05) is 18.6 Å². The van der Waals surface area contributed by atoms with Gasteiger partial charge in [-0.3, -0.25) is 4.79 Å². The summed E-state index contributed by atoms with van der Waals surface area (Å²) in [4.78, 5) is 23.9. The highest BCUT2D eigenvalue weighted by Gasteiger charge is 2.35. The highest BCUT2D eigenvalue weighted by molar-refractivity contribution is 5.98. The SMILES string of the molecule is COc1ccc(-n2nccn2)c(C(=O)N2CCCC(Nc3cnc(C(F)(F)F)cn3)C2C)c1. The quantitative estimate of drug-likeness (QED) is 0.623. The first-order valence-corrected chi connectivity index (χ1v) is 10.3. The van der Waals surface area contributed by atoms with Crippen molar-refractivity contribution in [1.29, 1.82) is 0 Å². The molecule has 12 heteroatoms. The molecule has 2 unspecified atom stereocenters. The van der Waals surface area contributed by atoms with Crippen LogP contribution in [0.3, 0.4) is 0 Å². The average Bonchev–Trinajstić information content (AvgIpc) is 3.34. The molecule has 3 heterocycles. The van der Waals surface area contributed by atoms with Crippen LogP contribution in [-0.2, 0) is 6.18 Å². The number of anilines is 1. The molecule has 3 aromatic rings. The highest BCUT2D eigenvalue weighted by Crippen LogP contribution is 2.29. The number of benzene rings is 1. The molecule has 1 aliphatic rings. The number of halogens is 3. The molecule has 174 valence electrons. The van der Waals surface area contributed by atoms with Crippen LogP contribution in [0.25, 0.3) is 5.69 Å². The summed E-state index contributed by atoms with van der Waals surface area (Å²) >= 11 is 0. The zero-order valence-corrected chi connectivity index (χ0v) is 18.0. The number of alkyl halides is 3. The molecule has 1 amide bonds. The van der Waals surface area contributed by atoms with Gasteiger partial charge in [0.15, 0.2) is 5.69 Å². The number of methoxy groups -OCH3 is 1. The molecule has 2 atom stereocenters. The van der Waals surface area contributed by atoms with Gasteiger partial charge in [0.05, 0.1) is 43.1 Å². The molecule has 1 saturated heterocycles. The van der Waals surface area contributed by atoms with E-state index in [9.17, 15) is 18.0 Å². The second-order valence-corrected chi connectivity index (χ2v) is 7.62. The van der Waals surface area contributed by atoms with E-state index < -0.39 is 11.9 Å². The Balaban J connectivity index is 1.56. The maximum Gasteiger partial charge on any atom is 0.434 e. The summed E-state index contributed by atoms with van der Waals surface area (Å²) in [7, 11) is 1.52. The van der Waals surface area contributed by atoms with Crippen molar-refractivity contribution in [2.24, 2.45) is 0 Å². The van der Waals surface area contributed by atoms with Crippen molar-refractivity contribution in [3.05, 3.63) is 54.2 Å². The Kier molecular flexibility index (Phi) is 6.16. The Morgan fingerprint density at radius 2 is 1.94 bits per heavy atom. The number of carbonyl (C=O) groups is 1. The number of aromatic nitrogens is 5. The average molecular weight is 461 g/mol. The fraction of sp³-hybridized carbons (Fsp3) is 0.381. The normalized spacial score (nSPS) is 18.8. The molecular formula is C21H22F3N7O2. The number of amides is 1. The Morgan fingerprint density at radius 1 is 1.18 bits per heavy atom.